The molecule has 2 heterocycles. The second-order valence-electron chi connectivity index (χ2n) is 8.38. The Labute approximate surface area is 193 Å². The zero-order valence-electron chi connectivity index (χ0n) is 18.6. The van der Waals surface area contributed by atoms with Crippen LogP contribution in [0.25, 0.3) is 11.0 Å². The summed E-state index contributed by atoms with van der Waals surface area (Å²) in [6.07, 6.45) is 1.24. The summed E-state index contributed by atoms with van der Waals surface area (Å²) in [5.74, 6) is 1.46. The van der Waals surface area contributed by atoms with Crippen molar-refractivity contribution in [2.45, 2.75) is 24.3 Å². The van der Waals surface area contributed by atoms with Crippen molar-refractivity contribution in [2.75, 3.05) is 20.3 Å². The van der Waals surface area contributed by atoms with Gasteiger partial charge < -0.3 is 19.8 Å². The zero-order valence-corrected chi connectivity index (χ0v) is 18.6. The zero-order chi connectivity index (χ0) is 22.7. The van der Waals surface area contributed by atoms with Crippen LogP contribution in [0.3, 0.4) is 0 Å². The predicted octanol–water partition coefficient (Wildman–Crippen LogP) is 4.53. The monoisotopic (exact) mass is 441 g/mol. The van der Waals surface area contributed by atoms with Gasteiger partial charge in [-0.05, 0) is 48.2 Å². The highest BCUT2D eigenvalue weighted by Gasteiger charge is 2.43. The summed E-state index contributed by atoms with van der Waals surface area (Å²) in [6, 6.07) is 25.3. The molecule has 3 aromatic carbocycles. The molecule has 1 amide bonds. The lowest BCUT2D eigenvalue weighted by molar-refractivity contribution is -0.131. The topological polar surface area (TPSA) is 76.2 Å². The van der Waals surface area contributed by atoms with Crippen LogP contribution in [0.15, 0.2) is 78.9 Å². The molecule has 6 nitrogen and oxygen atoms in total. The number of H-pyrrole nitrogens is 1. The van der Waals surface area contributed by atoms with E-state index < -0.39 is 11.5 Å². The summed E-state index contributed by atoms with van der Waals surface area (Å²) in [6.45, 7) is 1.08. The maximum Gasteiger partial charge on any atom is 0.231 e. The number of methoxy groups -OCH3 is 1. The Hall–Kier alpha value is -3.64. The van der Waals surface area contributed by atoms with Crippen molar-refractivity contribution in [1.29, 1.82) is 0 Å². The maximum atomic E-state index is 14.0. The van der Waals surface area contributed by atoms with E-state index in [0.29, 0.717) is 31.9 Å². The number of rotatable bonds is 6. The van der Waals surface area contributed by atoms with Gasteiger partial charge in [0.25, 0.3) is 0 Å². The van der Waals surface area contributed by atoms with E-state index in [0.717, 1.165) is 27.9 Å². The number of benzene rings is 3. The molecule has 1 aliphatic rings. The number of carbonyl (C=O) groups excluding carboxylic acids is 1. The molecule has 1 fully saturated rings. The number of fused-ring (bicyclic) bond motifs is 1. The quantitative estimate of drug-likeness (QED) is 0.461. The number of carbonyl (C=O) groups is 1. The van der Waals surface area contributed by atoms with Crippen molar-refractivity contribution < 1.29 is 14.3 Å². The fourth-order valence-electron chi connectivity index (χ4n) is 4.61. The summed E-state index contributed by atoms with van der Waals surface area (Å²) in [4.78, 5) is 22.2. The van der Waals surface area contributed by atoms with Crippen LogP contribution < -0.4 is 10.1 Å². The molecular weight excluding hydrogens is 414 g/mol. The lowest BCUT2D eigenvalue weighted by Crippen LogP contribution is -2.49. The molecule has 4 aromatic rings. The molecule has 0 aliphatic carbocycles. The highest BCUT2D eigenvalue weighted by molar-refractivity contribution is 5.89. The smallest absolute Gasteiger partial charge is 0.231 e. The summed E-state index contributed by atoms with van der Waals surface area (Å²) < 4.78 is 11.0. The molecule has 1 aliphatic heterocycles. The van der Waals surface area contributed by atoms with Crippen molar-refractivity contribution >= 4 is 16.9 Å². The molecule has 0 radical (unpaired) electrons. The number of nitrogens with one attached hydrogen (secondary N) is 2. The third-order valence-electron chi connectivity index (χ3n) is 6.51. The van der Waals surface area contributed by atoms with Gasteiger partial charge in [-0.1, -0.05) is 54.6 Å². The van der Waals surface area contributed by atoms with Crippen LogP contribution in [-0.2, 0) is 14.9 Å². The lowest BCUT2D eigenvalue weighted by Gasteiger charge is -2.37. The Morgan fingerprint density at radius 2 is 1.70 bits per heavy atom. The third-order valence-corrected chi connectivity index (χ3v) is 6.51. The molecule has 2 N–H and O–H groups in total. The molecule has 0 saturated carbocycles. The van der Waals surface area contributed by atoms with Gasteiger partial charge in [-0.15, -0.1) is 0 Å². The predicted molar refractivity (Wildman–Crippen MR) is 127 cm³/mol. The summed E-state index contributed by atoms with van der Waals surface area (Å²) in [7, 11) is 1.64. The van der Waals surface area contributed by atoms with Crippen molar-refractivity contribution in [3.63, 3.8) is 0 Å². The van der Waals surface area contributed by atoms with Gasteiger partial charge in [-0.2, -0.15) is 0 Å². The van der Waals surface area contributed by atoms with Crippen LogP contribution in [0.2, 0.25) is 0 Å². The molecule has 1 aromatic heterocycles. The standard InChI is InChI=1S/C27H27N3O3/c1-32-21-13-11-20(12-14-21)27(15-17-33-18-16-27)26(31)30-24(19-7-3-2-4-8-19)25-28-22-9-5-6-10-23(22)29-25/h2-14,24H,15-18H2,1H3,(H,28,29)(H,30,31)/t24-/m1/s1. The first-order chi connectivity index (χ1) is 16.2. The number of para-hydroxylation sites is 2. The van der Waals surface area contributed by atoms with E-state index in [9.17, 15) is 4.79 Å². The van der Waals surface area contributed by atoms with Crippen LogP contribution in [0.1, 0.15) is 35.8 Å². The van der Waals surface area contributed by atoms with Crippen molar-refractivity contribution in [3.8, 4) is 5.75 Å². The molecule has 168 valence electrons. The van der Waals surface area contributed by atoms with E-state index >= 15 is 0 Å². The maximum absolute atomic E-state index is 14.0. The minimum atomic E-state index is -0.677. The third kappa shape index (κ3) is 4.10. The molecule has 33 heavy (non-hydrogen) atoms. The van der Waals surface area contributed by atoms with Gasteiger partial charge in [-0.3, -0.25) is 4.79 Å². The average Bonchev–Trinajstić information content (AvgIpc) is 3.32. The first-order valence-electron chi connectivity index (χ1n) is 11.2. The highest BCUT2D eigenvalue weighted by Crippen LogP contribution is 2.37. The molecular formula is C27H27N3O3. The van der Waals surface area contributed by atoms with Gasteiger partial charge >= 0.3 is 0 Å². The first-order valence-corrected chi connectivity index (χ1v) is 11.2. The average molecular weight is 442 g/mol. The van der Waals surface area contributed by atoms with Gasteiger partial charge in [0, 0.05) is 13.2 Å². The highest BCUT2D eigenvalue weighted by atomic mass is 16.5. The Kier molecular flexibility index (Phi) is 5.84. The van der Waals surface area contributed by atoms with E-state index in [4.69, 9.17) is 14.5 Å². The van der Waals surface area contributed by atoms with Crippen LogP contribution in [0, 0.1) is 0 Å². The number of amides is 1. The van der Waals surface area contributed by atoms with Crippen molar-refractivity contribution in [1.82, 2.24) is 15.3 Å². The minimum absolute atomic E-state index is 0.0229. The second kappa shape index (κ2) is 9.08. The SMILES string of the molecule is COc1ccc(C2(C(=O)N[C@H](c3ccccc3)c3nc4ccccc4[nH]3)CCOCC2)cc1. The first kappa shape index (κ1) is 21.2. The van der Waals surface area contributed by atoms with Gasteiger partial charge in [0.05, 0.1) is 23.6 Å². The van der Waals surface area contributed by atoms with Crippen LogP contribution in [0.4, 0.5) is 0 Å². The minimum Gasteiger partial charge on any atom is -0.497 e. The van der Waals surface area contributed by atoms with E-state index in [2.05, 4.69) is 10.3 Å². The Bertz CT molecular complexity index is 1200. The normalized spacial score (nSPS) is 16.3. The summed E-state index contributed by atoms with van der Waals surface area (Å²) >= 11 is 0. The van der Waals surface area contributed by atoms with Gasteiger partial charge in [0.2, 0.25) is 5.91 Å². The summed E-state index contributed by atoms with van der Waals surface area (Å²) in [5, 5.41) is 3.33. The number of hydrogen-bond acceptors (Lipinski definition) is 4. The molecule has 1 atom stereocenters. The van der Waals surface area contributed by atoms with Crippen LogP contribution >= 0.6 is 0 Å². The Morgan fingerprint density at radius 1 is 1.00 bits per heavy atom. The van der Waals surface area contributed by atoms with E-state index in [1.54, 1.807) is 7.11 Å². The molecule has 1 saturated heterocycles. The molecule has 0 bridgehead atoms. The number of hydrogen-bond donors (Lipinski definition) is 2. The molecule has 0 spiro atoms. The lowest BCUT2D eigenvalue weighted by atomic mass is 9.73. The van der Waals surface area contributed by atoms with Crippen LogP contribution in [-0.4, -0.2) is 36.2 Å². The molecule has 0 unspecified atom stereocenters. The molecule has 5 rings (SSSR count). The van der Waals surface area contributed by atoms with Gasteiger partial charge in [-0.25, -0.2) is 4.98 Å². The van der Waals surface area contributed by atoms with Crippen molar-refractivity contribution in [3.05, 3.63) is 95.8 Å². The number of aromatic nitrogens is 2. The number of aromatic amines is 1. The van der Waals surface area contributed by atoms with Gasteiger partial charge in [0.15, 0.2) is 0 Å². The Balaban J connectivity index is 1.53. The summed E-state index contributed by atoms with van der Waals surface area (Å²) in [5.41, 5.74) is 3.09. The number of nitrogens with zero attached hydrogens (tertiary/aromatic N) is 1. The number of imidazole rings is 1. The van der Waals surface area contributed by atoms with Crippen LogP contribution in [0.5, 0.6) is 5.75 Å². The van der Waals surface area contributed by atoms with E-state index in [1.807, 2.05) is 78.9 Å². The van der Waals surface area contributed by atoms with Gasteiger partial charge in [0.1, 0.15) is 17.6 Å². The second-order valence-corrected chi connectivity index (χ2v) is 8.38. The fraction of sp³-hybridized carbons (Fsp3) is 0.259. The number of ether oxygens (including phenoxy) is 2. The van der Waals surface area contributed by atoms with Crippen molar-refractivity contribution in [2.24, 2.45) is 0 Å². The molecule has 6 heteroatoms. The Morgan fingerprint density at radius 3 is 2.39 bits per heavy atom. The van der Waals surface area contributed by atoms with E-state index in [-0.39, 0.29) is 5.91 Å². The van der Waals surface area contributed by atoms with E-state index in [1.165, 1.54) is 0 Å². The largest absolute Gasteiger partial charge is 0.497 e. The fourth-order valence-corrected chi connectivity index (χ4v) is 4.61.